The minimum Gasteiger partial charge on any atom is -0.496 e. The van der Waals surface area contributed by atoms with Gasteiger partial charge in [-0.25, -0.2) is 4.79 Å². The molecule has 0 aliphatic carbocycles. The predicted molar refractivity (Wildman–Crippen MR) is 73.3 cm³/mol. The maximum absolute atomic E-state index is 10.9. The van der Waals surface area contributed by atoms with Gasteiger partial charge in [0.2, 0.25) is 0 Å². The maximum Gasteiger partial charge on any atom is 0.334 e. The Bertz CT molecular complexity index is 466. The number of halogens is 1. The zero-order chi connectivity index (χ0) is 13.8. The van der Waals surface area contributed by atoms with Gasteiger partial charge in [0, 0.05) is 29.7 Å². The molecule has 1 aromatic rings. The van der Waals surface area contributed by atoms with E-state index >= 15 is 0 Å². The molecule has 1 N–H and O–H groups in total. The Balaban J connectivity index is 2.08. The lowest BCUT2D eigenvalue weighted by Gasteiger charge is -2.31. The normalized spacial score (nSPS) is 20.2. The highest BCUT2D eigenvalue weighted by Gasteiger charge is 2.26. The lowest BCUT2D eigenvalue weighted by molar-refractivity contribution is -0.156. The smallest absolute Gasteiger partial charge is 0.334 e. The summed E-state index contributed by atoms with van der Waals surface area (Å²) >= 11 is 3.43. The van der Waals surface area contributed by atoms with Crippen LogP contribution in [0.2, 0.25) is 0 Å². The van der Waals surface area contributed by atoms with Crippen LogP contribution in [0.1, 0.15) is 5.56 Å². The number of carboxylic acid groups (broad SMARTS) is 1. The fourth-order valence-electron chi connectivity index (χ4n) is 2.11. The second-order valence-electron chi connectivity index (χ2n) is 4.39. The molecule has 0 bridgehead atoms. The Morgan fingerprint density at radius 3 is 3.11 bits per heavy atom. The van der Waals surface area contributed by atoms with Gasteiger partial charge in [-0.1, -0.05) is 15.9 Å². The monoisotopic (exact) mass is 329 g/mol. The molecular weight excluding hydrogens is 314 g/mol. The van der Waals surface area contributed by atoms with E-state index in [4.69, 9.17) is 14.6 Å². The molecule has 6 heteroatoms. The number of hydrogen-bond acceptors (Lipinski definition) is 4. The van der Waals surface area contributed by atoms with Gasteiger partial charge in [-0.05, 0) is 18.2 Å². The Hall–Kier alpha value is -1.11. The zero-order valence-electron chi connectivity index (χ0n) is 10.6. The number of methoxy groups -OCH3 is 1. The van der Waals surface area contributed by atoms with E-state index in [1.807, 2.05) is 18.2 Å². The van der Waals surface area contributed by atoms with Crippen LogP contribution in [0, 0.1) is 0 Å². The third-order valence-electron chi connectivity index (χ3n) is 3.06. The van der Waals surface area contributed by atoms with Crippen molar-refractivity contribution in [2.45, 2.75) is 12.6 Å². The second-order valence-corrected chi connectivity index (χ2v) is 5.30. The highest BCUT2D eigenvalue weighted by molar-refractivity contribution is 9.10. The number of nitrogens with zero attached hydrogens (tertiary/aromatic N) is 1. The number of morpholine rings is 1. The van der Waals surface area contributed by atoms with Crippen LogP contribution in [-0.2, 0) is 16.1 Å². The van der Waals surface area contributed by atoms with Crippen LogP contribution in [0.5, 0.6) is 5.75 Å². The summed E-state index contributed by atoms with van der Waals surface area (Å²) in [5.41, 5.74) is 1.03. The van der Waals surface area contributed by atoms with Crippen molar-refractivity contribution in [3.8, 4) is 5.75 Å². The van der Waals surface area contributed by atoms with E-state index in [0.29, 0.717) is 19.7 Å². The first kappa shape index (κ1) is 14.3. The van der Waals surface area contributed by atoms with Crippen molar-refractivity contribution in [2.75, 3.05) is 26.8 Å². The van der Waals surface area contributed by atoms with Gasteiger partial charge in [-0.3, -0.25) is 4.90 Å². The third-order valence-corrected chi connectivity index (χ3v) is 3.56. The molecule has 0 amide bonds. The minimum atomic E-state index is -0.911. The highest BCUT2D eigenvalue weighted by atomic mass is 79.9. The van der Waals surface area contributed by atoms with E-state index in [1.54, 1.807) is 7.11 Å². The van der Waals surface area contributed by atoms with Crippen molar-refractivity contribution >= 4 is 21.9 Å². The molecule has 1 aliphatic rings. The van der Waals surface area contributed by atoms with Gasteiger partial charge in [0.15, 0.2) is 6.10 Å². The van der Waals surface area contributed by atoms with Crippen LogP contribution >= 0.6 is 15.9 Å². The van der Waals surface area contributed by atoms with Gasteiger partial charge in [0.25, 0.3) is 0 Å². The summed E-state index contributed by atoms with van der Waals surface area (Å²) in [6.45, 7) is 2.20. The van der Waals surface area contributed by atoms with Crippen LogP contribution in [0.3, 0.4) is 0 Å². The van der Waals surface area contributed by atoms with E-state index < -0.39 is 12.1 Å². The summed E-state index contributed by atoms with van der Waals surface area (Å²) in [6, 6.07) is 5.81. The Morgan fingerprint density at radius 2 is 2.42 bits per heavy atom. The average Bonchev–Trinajstić information content (AvgIpc) is 2.39. The van der Waals surface area contributed by atoms with Crippen molar-refractivity contribution in [1.82, 2.24) is 4.90 Å². The largest absolute Gasteiger partial charge is 0.496 e. The fourth-order valence-corrected chi connectivity index (χ4v) is 2.52. The number of aliphatic carboxylic acids is 1. The van der Waals surface area contributed by atoms with Gasteiger partial charge >= 0.3 is 5.97 Å². The average molecular weight is 330 g/mol. The molecule has 0 spiro atoms. The molecule has 1 heterocycles. The summed E-state index contributed by atoms with van der Waals surface area (Å²) in [6.07, 6.45) is -0.744. The van der Waals surface area contributed by atoms with Gasteiger partial charge in [-0.15, -0.1) is 0 Å². The van der Waals surface area contributed by atoms with Gasteiger partial charge in [-0.2, -0.15) is 0 Å². The van der Waals surface area contributed by atoms with E-state index in [9.17, 15) is 4.79 Å². The molecule has 1 atom stereocenters. The van der Waals surface area contributed by atoms with Crippen molar-refractivity contribution in [1.29, 1.82) is 0 Å². The van der Waals surface area contributed by atoms with Gasteiger partial charge in [0.1, 0.15) is 5.75 Å². The molecule has 104 valence electrons. The first-order chi connectivity index (χ1) is 9.10. The summed E-state index contributed by atoms with van der Waals surface area (Å²) in [5, 5.41) is 8.98. The topological polar surface area (TPSA) is 59.0 Å². The van der Waals surface area contributed by atoms with Crippen LogP contribution in [-0.4, -0.2) is 48.9 Å². The fraction of sp³-hybridized carbons (Fsp3) is 0.462. The lowest BCUT2D eigenvalue weighted by atomic mass is 10.1. The molecular formula is C13H16BrNO4. The number of rotatable bonds is 4. The number of carbonyl (C=O) groups is 1. The molecule has 2 rings (SSSR count). The summed E-state index contributed by atoms with van der Waals surface area (Å²) in [5.74, 6) is -0.104. The first-order valence-corrected chi connectivity index (χ1v) is 6.78. The molecule has 1 fully saturated rings. The summed E-state index contributed by atoms with van der Waals surface area (Å²) in [4.78, 5) is 13.0. The first-order valence-electron chi connectivity index (χ1n) is 5.99. The molecule has 19 heavy (non-hydrogen) atoms. The van der Waals surface area contributed by atoms with Gasteiger partial charge in [0.05, 0.1) is 13.7 Å². The lowest BCUT2D eigenvalue weighted by Crippen LogP contribution is -2.45. The standard InChI is InChI=1S/C13H16BrNO4/c1-18-11-3-2-10(14)6-9(11)7-15-4-5-19-12(8-15)13(16)17/h2-3,6,12H,4-5,7-8H2,1H3,(H,16,17). The quantitative estimate of drug-likeness (QED) is 0.911. The Morgan fingerprint density at radius 1 is 1.63 bits per heavy atom. The molecule has 0 aromatic heterocycles. The van der Waals surface area contributed by atoms with E-state index in [1.165, 1.54) is 0 Å². The SMILES string of the molecule is COc1ccc(Br)cc1CN1CCOC(C(=O)O)C1. The number of hydrogen-bond donors (Lipinski definition) is 1. The Labute approximate surface area is 120 Å². The molecule has 0 saturated carbocycles. The molecule has 1 unspecified atom stereocenters. The van der Waals surface area contributed by atoms with Crippen LogP contribution in [0.4, 0.5) is 0 Å². The minimum absolute atomic E-state index is 0.394. The summed E-state index contributed by atoms with van der Waals surface area (Å²) in [7, 11) is 1.63. The predicted octanol–water partition coefficient (Wildman–Crippen LogP) is 1.74. The zero-order valence-corrected chi connectivity index (χ0v) is 12.2. The second kappa shape index (κ2) is 6.36. The van der Waals surface area contributed by atoms with Crippen LogP contribution in [0.25, 0.3) is 0 Å². The molecule has 0 radical (unpaired) electrons. The summed E-state index contributed by atoms with van der Waals surface area (Å²) < 4.78 is 11.5. The van der Waals surface area contributed by atoms with E-state index in [2.05, 4.69) is 20.8 Å². The number of carboxylic acids is 1. The van der Waals surface area contributed by atoms with Crippen molar-refractivity contribution in [3.05, 3.63) is 28.2 Å². The Kier molecular flexibility index (Phi) is 4.79. The highest BCUT2D eigenvalue weighted by Crippen LogP contribution is 2.25. The third kappa shape index (κ3) is 3.68. The molecule has 5 nitrogen and oxygen atoms in total. The van der Waals surface area contributed by atoms with Gasteiger partial charge < -0.3 is 14.6 Å². The van der Waals surface area contributed by atoms with E-state index in [-0.39, 0.29) is 0 Å². The van der Waals surface area contributed by atoms with Crippen molar-refractivity contribution in [2.24, 2.45) is 0 Å². The molecule has 1 aliphatic heterocycles. The van der Waals surface area contributed by atoms with Crippen LogP contribution < -0.4 is 4.74 Å². The van der Waals surface area contributed by atoms with Crippen molar-refractivity contribution < 1.29 is 19.4 Å². The molecule has 1 saturated heterocycles. The number of ether oxygens (including phenoxy) is 2. The molecule has 1 aromatic carbocycles. The number of benzene rings is 1. The van der Waals surface area contributed by atoms with Crippen LogP contribution in [0.15, 0.2) is 22.7 Å². The van der Waals surface area contributed by atoms with E-state index in [0.717, 1.165) is 22.3 Å². The maximum atomic E-state index is 10.9. The van der Waals surface area contributed by atoms with Crippen molar-refractivity contribution in [3.63, 3.8) is 0 Å².